The number of carbonyl (C=O) groups excluding carboxylic acids is 1. The van der Waals surface area contributed by atoms with Crippen molar-refractivity contribution in [3.05, 3.63) is 60.2 Å². The molecule has 3 rings (SSSR count). The van der Waals surface area contributed by atoms with Crippen LogP contribution in [0, 0.1) is 5.92 Å². The van der Waals surface area contributed by atoms with Crippen molar-refractivity contribution in [2.24, 2.45) is 5.92 Å². The van der Waals surface area contributed by atoms with Crippen LogP contribution in [0.5, 0.6) is 5.75 Å². The average Bonchev–Trinajstić information content (AvgIpc) is 2.84. The molecule has 2 nitrogen and oxygen atoms in total. The Kier molecular flexibility index (Phi) is 10.1. The monoisotopic (exact) mass is 432 g/mol. The van der Waals surface area contributed by atoms with Gasteiger partial charge in [-0.25, -0.2) is 0 Å². The van der Waals surface area contributed by atoms with Gasteiger partial charge in [0.1, 0.15) is 5.75 Å². The predicted octanol–water partition coefficient (Wildman–Crippen LogP) is 8.99. The van der Waals surface area contributed by atoms with E-state index in [1.54, 1.807) is 0 Å². The van der Waals surface area contributed by atoms with Crippen molar-refractivity contribution in [1.82, 2.24) is 0 Å². The Labute approximate surface area is 195 Å². The van der Waals surface area contributed by atoms with Crippen LogP contribution in [0.3, 0.4) is 0 Å². The number of allylic oxidation sites excluding steroid dienone is 2. The van der Waals surface area contributed by atoms with Gasteiger partial charge in [-0.1, -0.05) is 101 Å². The first-order valence-electron chi connectivity index (χ1n) is 12.8. The molecule has 0 saturated heterocycles. The van der Waals surface area contributed by atoms with Crippen LogP contribution in [0.1, 0.15) is 96.5 Å². The van der Waals surface area contributed by atoms with Gasteiger partial charge >= 0.3 is 5.97 Å². The Hall–Kier alpha value is -2.35. The average molecular weight is 433 g/mol. The fourth-order valence-corrected chi connectivity index (χ4v) is 4.55. The molecule has 0 N–H and O–H groups in total. The van der Waals surface area contributed by atoms with Gasteiger partial charge in [-0.05, 0) is 66.0 Å². The lowest BCUT2D eigenvalue weighted by Crippen LogP contribution is -2.07. The van der Waals surface area contributed by atoms with Gasteiger partial charge in [-0.2, -0.15) is 0 Å². The highest BCUT2D eigenvalue weighted by Crippen LogP contribution is 2.34. The van der Waals surface area contributed by atoms with E-state index in [4.69, 9.17) is 4.74 Å². The van der Waals surface area contributed by atoms with Crippen molar-refractivity contribution < 1.29 is 9.53 Å². The molecular formula is C30H40O2. The van der Waals surface area contributed by atoms with Crippen LogP contribution in [-0.2, 0) is 4.79 Å². The number of benzene rings is 2. The first kappa shape index (κ1) is 24.3. The summed E-state index contributed by atoms with van der Waals surface area (Å²) >= 11 is 0. The van der Waals surface area contributed by atoms with E-state index in [-0.39, 0.29) is 5.97 Å². The van der Waals surface area contributed by atoms with Crippen molar-refractivity contribution >= 4 is 11.5 Å². The van der Waals surface area contributed by atoms with Crippen LogP contribution in [-0.4, -0.2) is 5.97 Å². The van der Waals surface area contributed by atoms with Crippen molar-refractivity contribution in [3.63, 3.8) is 0 Å². The molecule has 1 unspecified atom stereocenters. The Bertz CT molecular complexity index is 845. The van der Waals surface area contributed by atoms with Gasteiger partial charge in [-0.15, -0.1) is 0 Å². The van der Waals surface area contributed by atoms with E-state index in [0.29, 0.717) is 12.2 Å². The van der Waals surface area contributed by atoms with Gasteiger partial charge in [0.05, 0.1) is 0 Å². The van der Waals surface area contributed by atoms with Crippen LogP contribution in [0.25, 0.3) is 16.7 Å². The van der Waals surface area contributed by atoms with Gasteiger partial charge in [0.2, 0.25) is 0 Å². The zero-order valence-corrected chi connectivity index (χ0v) is 20.1. The number of unbranched alkanes of at least 4 members (excludes halogenated alkanes) is 5. The Balaban J connectivity index is 1.50. The van der Waals surface area contributed by atoms with Crippen LogP contribution < -0.4 is 4.74 Å². The van der Waals surface area contributed by atoms with E-state index in [2.05, 4.69) is 44.2 Å². The Morgan fingerprint density at radius 1 is 0.812 bits per heavy atom. The smallest absolute Gasteiger partial charge is 0.311 e. The Morgan fingerprint density at radius 3 is 2.06 bits per heavy atom. The van der Waals surface area contributed by atoms with Crippen molar-refractivity contribution in [3.8, 4) is 16.9 Å². The fraction of sp³-hybridized carbons (Fsp3) is 0.500. The molecule has 1 aliphatic rings. The maximum Gasteiger partial charge on any atom is 0.311 e. The van der Waals surface area contributed by atoms with Gasteiger partial charge in [0.15, 0.2) is 0 Å². The van der Waals surface area contributed by atoms with Crippen molar-refractivity contribution in [2.45, 2.75) is 90.9 Å². The standard InChI is InChI=1S/C30H40O2/c1-3-5-7-8-9-10-24-12-14-25(15-13-24)26-16-18-27(19-17-26)28-20-22-29(23-21-28)32-30(31)11-6-4-2/h14,16-24H,3-13,15H2,1-2H3. The molecule has 172 valence electrons. The van der Waals surface area contributed by atoms with Crippen LogP contribution in [0.2, 0.25) is 0 Å². The summed E-state index contributed by atoms with van der Waals surface area (Å²) in [5, 5.41) is 0. The molecule has 0 bridgehead atoms. The molecular weight excluding hydrogens is 392 g/mol. The third-order valence-electron chi connectivity index (χ3n) is 6.64. The maximum atomic E-state index is 11.8. The van der Waals surface area contributed by atoms with Gasteiger partial charge in [-0.3, -0.25) is 4.79 Å². The summed E-state index contributed by atoms with van der Waals surface area (Å²) in [5.41, 5.74) is 5.20. The predicted molar refractivity (Wildman–Crippen MR) is 136 cm³/mol. The van der Waals surface area contributed by atoms with Crippen molar-refractivity contribution in [2.75, 3.05) is 0 Å². The summed E-state index contributed by atoms with van der Waals surface area (Å²) in [6.07, 6.45) is 17.0. The molecule has 0 aliphatic heterocycles. The summed E-state index contributed by atoms with van der Waals surface area (Å²) in [6, 6.07) is 16.8. The molecule has 32 heavy (non-hydrogen) atoms. The largest absolute Gasteiger partial charge is 0.427 e. The zero-order valence-electron chi connectivity index (χ0n) is 20.1. The number of hydrogen-bond donors (Lipinski definition) is 0. The second-order valence-corrected chi connectivity index (χ2v) is 9.25. The lowest BCUT2D eigenvalue weighted by molar-refractivity contribution is -0.134. The first-order chi connectivity index (χ1) is 15.7. The minimum Gasteiger partial charge on any atom is -0.427 e. The third kappa shape index (κ3) is 7.65. The summed E-state index contributed by atoms with van der Waals surface area (Å²) in [6.45, 7) is 4.36. The van der Waals surface area contributed by atoms with Crippen LogP contribution >= 0.6 is 0 Å². The van der Waals surface area contributed by atoms with E-state index in [0.717, 1.165) is 24.3 Å². The SMILES string of the molecule is CCCCCCCC1CC=C(c2ccc(-c3ccc(OC(=O)CCCC)cc3)cc2)CC1. The molecule has 2 heteroatoms. The number of ether oxygens (including phenoxy) is 1. The number of esters is 1. The summed E-state index contributed by atoms with van der Waals surface area (Å²) in [7, 11) is 0. The molecule has 0 amide bonds. The second-order valence-electron chi connectivity index (χ2n) is 9.25. The quantitative estimate of drug-likeness (QED) is 0.190. The molecule has 0 aromatic heterocycles. The van der Waals surface area contributed by atoms with E-state index < -0.39 is 0 Å². The molecule has 1 atom stereocenters. The molecule has 0 radical (unpaired) electrons. The van der Waals surface area contributed by atoms with E-state index in [1.807, 2.05) is 24.3 Å². The second kappa shape index (κ2) is 13.3. The topological polar surface area (TPSA) is 26.3 Å². The van der Waals surface area contributed by atoms with E-state index in [9.17, 15) is 4.79 Å². The number of hydrogen-bond acceptors (Lipinski definition) is 2. The molecule has 2 aromatic carbocycles. The molecule has 0 saturated carbocycles. The van der Waals surface area contributed by atoms with Gasteiger partial charge in [0, 0.05) is 6.42 Å². The molecule has 0 fully saturated rings. The number of carbonyl (C=O) groups is 1. The van der Waals surface area contributed by atoms with Crippen molar-refractivity contribution in [1.29, 1.82) is 0 Å². The van der Waals surface area contributed by atoms with Gasteiger partial charge < -0.3 is 4.74 Å². The number of rotatable bonds is 12. The maximum absolute atomic E-state index is 11.8. The summed E-state index contributed by atoms with van der Waals surface area (Å²) in [4.78, 5) is 11.8. The van der Waals surface area contributed by atoms with Crippen LogP contribution in [0.15, 0.2) is 54.6 Å². The molecule has 1 aliphatic carbocycles. The highest BCUT2D eigenvalue weighted by Gasteiger charge is 2.15. The highest BCUT2D eigenvalue weighted by atomic mass is 16.5. The minimum atomic E-state index is -0.150. The van der Waals surface area contributed by atoms with Gasteiger partial charge in [0.25, 0.3) is 0 Å². The highest BCUT2D eigenvalue weighted by molar-refractivity contribution is 5.73. The zero-order chi connectivity index (χ0) is 22.6. The fourth-order valence-electron chi connectivity index (χ4n) is 4.55. The lowest BCUT2D eigenvalue weighted by atomic mass is 9.83. The van der Waals surface area contributed by atoms with Crippen LogP contribution in [0.4, 0.5) is 0 Å². The van der Waals surface area contributed by atoms with E-state index in [1.165, 1.54) is 74.5 Å². The summed E-state index contributed by atoms with van der Waals surface area (Å²) < 4.78 is 5.41. The Morgan fingerprint density at radius 2 is 1.44 bits per heavy atom. The van der Waals surface area contributed by atoms with E-state index >= 15 is 0 Å². The molecule has 0 spiro atoms. The third-order valence-corrected chi connectivity index (χ3v) is 6.64. The summed E-state index contributed by atoms with van der Waals surface area (Å²) in [5.74, 6) is 1.36. The lowest BCUT2D eigenvalue weighted by Gasteiger charge is -2.22. The normalized spacial score (nSPS) is 15.9. The molecule has 0 heterocycles. The molecule has 2 aromatic rings. The first-order valence-corrected chi connectivity index (χ1v) is 12.8. The minimum absolute atomic E-state index is 0.150.